The summed E-state index contributed by atoms with van der Waals surface area (Å²) in [6, 6.07) is 13.6. The molecular formula is C19H22N4O3. The number of urea groups is 1. The smallest absolute Gasteiger partial charge is 0.319 e. The van der Waals surface area contributed by atoms with Crippen molar-refractivity contribution in [3.8, 4) is 0 Å². The monoisotopic (exact) mass is 354 g/mol. The molecule has 2 rings (SSSR count). The van der Waals surface area contributed by atoms with Crippen LogP contribution in [0.15, 0.2) is 53.7 Å². The summed E-state index contributed by atoms with van der Waals surface area (Å²) in [4.78, 5) is 29.0. The molecule has 0 spiro atoms. The van der Waals surface area contributed by atoms with Gasteiger partial charge in [0.2, 0.25) is 0 Å². The minimum Gasteiger partial charge on any atom is -0.399 e. The molecule has 2 aromatic carbocycles. The molecular weight excluding hydrogens is 332 g/mol. The summed E-state index contributed by atoms with van der Waals surface area (Å²) in [5.41, 5.74) is 2.33. The normalized spacial score (nSPS) is 10.6. The molecule has 3 amide bonds. The Morgan fingerprint density at radius 2 is 1.62 bits per heavy atom. The van der Waals surface area contributed by atoms with E-state index in [2.05, 4.69) is 25.9 Å². The average molecular weight is 354 g/mol. The Morgan fingerprint density at radius 3 is 2.19 bits per heavy atom. The van der Waals surface area contributed by atoms with Gasteiger partial charge in [-0.25, -0.2) is 4.79 Å². The Balaban J connectivity index is 2.09. The number of oxime groups is 1. The van der Waals surface area contributed by atoms with E-state index in [1.165, 1.54) is 7.11 Å². The fourth-order valence-corrected chi connectivity index (χ4v) is 2.15. The van der Waals surface area contributed by atoms with E-state index in [0.29, 0.717) is 16.9 Å². The van der Waals surface area contributed by atoms with Gasteiger partial charge in [-0.2, -0.15) is 0 Å². The van der Waals surface area contributed by atoms with Crippen LogP contribution >= 0.6 is 0 Å². The molecule has 7 heteroatoms. The molecule has 0 bridgehead atoms. The summed E-state index contributed by atoms with van der Waals surface area (Å²) in [7, 11) is 1.46. The zero-order valence-electron chi connectivity index (χ0n) is 14.9. The molecule has 0 atom stereocenters. The third-order valence-corrected chi connectivity index (χ3v) is 3.32. The molecule has 0 fully saturated rings. The van der Waals surface area contributed by atoms with Crippen molar-refractivity contribution in [2.75, 3.05) is 17.7 Å². The number of rotatable bonds is 6. The second kappa shape index (κ2) is 9.22. The van der Waals surface area contributed by atoms with Gasteiger partial charge in [-0.15, -0.1) is 0 Å². The van der Waals surface area contributed by atoms with Gasteiger partial charge in [-0.3, -0.25) is 4.79 Å². The first-order valence-corrected chi connectivity index (χ1v) is 8.14. The van der Waals surface area contributed by atoms with Gasteiger partial charge in [-0.05, 0) is 43.7 Å². The van der Waals surface area contributed by atoms with Gasteiger partial charge in [0.25, 0.3) is 5.91 Å². The number of anilines is 2. The molecule has 0 unspecified atom stereocenters. The molecule has 136 valence electrons. The zero-order valence-corrected chi connectivity index (χ0v) is 14.9. The Bertz CT molecular complexity index is 786. The van der Waals surface area contributed by atoms with Crippen LogP contribution in [0.4, 0.5) is 16.2 Å². The lowest BCUT2D eigenvalue weighted by Gasteiger charge is -2.14. The first-order chi connectivity index (χ1) is 12.5. The highest BCUT2D eigenvalue weighted by Crippen LogP contribution is 2.21. The largest absolute Gasteiger partial charge is 0.399 e. The van der Waals surface area contributed by atoms with E-state index in [4.69, 9.17) is 0 Å². The maximum Gasteiger partial charge on any atom is 0.319 e. The first-order valence-electron chi connectivity index (χ1n) is 8.14. The number of hydrogen-bond donors (Lipinski definition) is 3. The first kappa shape index (κ1) is 19.0. The molecule has 0 radical (unpaired) electrons. The summed E-state index contributed by atoms with van der Waals surface area (Å²) < 4.78 is 0. The van der Waals surface area contributed by atoms with Crippen LogP contribution in [0.3, 0.4) is 0 Å². The minimum atomic E-state index is -0.330. The fraction of sp³-hybridized carbons (Fsp3) is 0.211. The summed E-state index contributed by atoms with van der Waals surface area (Å²) in [5, 5.41) is 12.0. The van der Waals surface area contributed by atoms with Crippen LogP contribution in [0.1, 0.15) is 29.8 Å². The van der Waals surface area contributed by atoms with Crippen molar-refractivity contribution in [2.24, 2.45) is 5.16 Å². The molecule has 2 aromatic rings. The van der Waals surface area contributed by atoms with Crippen LogP contribution in [0.2, 0.25) is 0 Å². The number of benzene rings is 2. The maximum absolute atomic E-state index is 12.5. The topological polar surface area (TPSA) is 91.8 Å². The van der Waals surface area contributed by atoms with Crippen LogP contribution < -0.4 is 16.0 Å². The van der Waals surface area contributed by atoms with Gasteiger partial charge in [0.15, 0.2) is 0 Å². The lowest BCUT2D eigenvalue weighted by atomic mass is 10.1. The van der Waals surface area contributed by atoms with Crippen LogP contribution in [0.25, 0.3) is 0 Å². The van der Waals surface area contributed by atoms with Crippen LogP contribution in [-0.2, 0) is 4.84 Å². The van der Waals surface area contributed by atoms with Crippen molar-refractivity contribution in [1.82, 2.24) is 5.32 Å². The molecule has 0 saturated carbocycles. The van der Waals surface area contributed by atoms with Crippen LogP contribution in [-0.4, -0.2) is 31.3 Å². The molecule has 0 aromatic heterocycles. The van der Waals surface area contributed by atoms with Crippen molar-refractivity contribution in [1.29, 1.82) is 0 Å². The van der Waals surface area contributed by atoms with Crippen molar-refractivity contribution in [2.45, 2.75) is 19.9 Å². The van der Waals surface area contributed by atoms with Crippen molar-refractivity contribution in [3.05, 3.63) is 59.7 Å². The van der Waals surface area contributed by atoms with Crippen LogP contribution in [0, 0.1) is 0 Å². The van der Waals surface area contributed by atoms with Gasteiger partial charge in [0, 0.05) is 11.6 Å². The molecule has 26 heavy (non-hydrogen) atoms. The van der Waals surface area contributed by atoms with Crippen molar-refractivity contribution in [3.63, 3.8) is 0 Å². The van der Waals surface area contributed by atoms with Crippen LogP contribution in [0.5, 0.6) is 0 Å². The Kier molecular flexibility index (Phi) is 6.73. The average Bonchev–Trinajstić information content (AvgIpc) is 2.61. The number of hydrogen-bond acceptors (Lipinski definition) is 4. The highest BCUT2D eigenvalue weighted by molar-refractivity contribution is 6.07. The molecule has 7 nitrogen and oxygen atoms in total. The summed E-state index contributed by atoms with van der Waals surface area (Å²) in [6.45, 7) is 3.74. The van der Waals surface area contributed by atoms with Gasteiger partial charge in [-0.1, -0.05) is 29.4 Å². The fourth-order valence-electron chi connectivity index (χ4n) is 2.15. The van der Waals surface area contributed by atoms with Gasteiger partial charge in [0.1, 0.15) is 7.11 Å². The predicted octanol–water partition coefficient (Wildman–Crippen LogP) is 3.45. The number of amides is 3. The van der Waals surface area contributed by atoms with E-state index in [1.807, 2.05) is 13.8 Å². The standard InChI is InChI=1S/C19H22N4O3/c1-13(2)21-19(25)23-17-7-5-4-6-16(17)22-18(24)15-10-8-14(9-11-15)12-20-26-3/h4-13H,1-3H3,(H,22,24)(H2,21,23,25)/b20-12+. The molecule has 3 N–H and O–H groups in total. The minimum absolute atomic E-state index is 0.0110. The van der Waals surface area contributed by atoms with Gasteiger partial charge >= 0.3 is 6.03 Å². The van der Waals surface area contributed by atoms with E-state index in [-0.39, 0.29) is 18.0 Å². The quantitative estimate of drug-likeness (QED) is 0.548. The molecule has 0 saturated heterocycles. The molecule has 0 aliphatic rings. The molecule has 0 aliphatic carbocycles. The van der Waals surface area contributed by atoms with Gasteiger partial charge < -0.3 is 20.8 Å². The summed E-state index contributed by atoms with van der Waals surface area (Å²) in [5.74, 6) is -0.279. The summed E-state index contributed by atoms with van der Waals surface area (Å²) >= 11 is 0. The predicted molar refractivity (Wildman–Crippen MR) is 103 cm³/mol. The number of nitrogens with zero attached hydrogens (tertiary/aromatic N) is 1. The molecule has 0 heterocycles. The number of carbonyl (C=O) groups is 2. The van der Waals surface area contributed by atoms with E-state index >= 15 is 0 Å². The number of carbonyl (C=O) groups excluding carboxylic acids is 2. The SMILES string of the molecule is CO/N=C/c1ccc(C(=O)Nc2ccccc2NC(=O)NC(C)C)cc1. The van der Waals surface area contributed by atoms with E-state index < -0.39 is 0 Å². The third kappa shape index (κ3) is 5.62. The Labute approximate surface area is 152 Å². The van der Waals surface area contributed by atoms with E-state index in [9.17, 15) is 9.59 Å². The maximum atomic E-state index is 12.5. The lowest BCUT2D eigenvalue weighted by Crippen LogP contribution is -2.34. The Morgan fingerprint density at radius 1 is 1.00 bits per heavy atom. The molecule has 0 aliphatic heterocycles. The van der Waals surface area contributed by atoms with Crippen molar-refractivity contribution >= 4 is 29.5 Å². The summed E-state index contributed by atoms with van der Waals surface area (Å²) in [6.07, 6.45) is 1.55. The number of para-hydroxylation sites is 2. The third-order valence-electron chi connectivity index (χ3n) is 3.32. The highest BCUT2D eigenvalue weighted by atomic mass is 16.6. The second-order valence-corrected chi connectivity index (χ2v) is 5.79. The van der Waals surface area contributed by atoms with Gasteiger partial charge in [0.05, 0.1) is 17.6 Å². The number of nitrogens with one attached hydrogen (secondary N) is 3. The van der Waals surface area contributed by atoms with E-state index in [1.54, 1.807) is 54.7 Å². The van der Waals surface area contributed by atoms with E-state index in [0.717, 1.165) is 5.56 Å². The highest BCUT2D eigenvalue weighted by Gasteiger charge is 2.11. The second-order valence-electron chi connectivity index (χ2n) is 5.79. The van der Waals surface area contributed by atoms with Crippen molar-refractivity contribution < 1.29 is 14.4 Å². The zero-order chi connectivity index (χ0) is 18.9. The Hall–Kier alpha value is -3.35. The lowest BCUT2D eigenvalue weighted by molar-refractivity contribution is 0.102.